The first kappa shape index (κ1) is 22.2. The van der Waals surface area contributed by atoms with Crippen molar-refractivity contribution in [1.29, 1.82) is 0 Å². The summed E-state index contributed by atoms with van der Waals surface area (Å²) >= 11 is 0. The van der Waals surface area contributed by atoms with E-state index in [4.69, 9.17) is 19.1 Å². The van der Waals surface area contributed by atoms with Crippen molar-refractivity contribution in [1.82, 2.24) is 29.4 Å². The number of hydrogen-bond donors (Lipinski definition) is 0. The van der Waals surface area contributed by atoms with Gasteiger partial charge < -0.3 is 18.6 Å². The third-order valence-corrected chi connectivity index (χ3v) is 6.39. The average Bonchev–Trinajstić information content (AvgIpc) is 3.57. The summed E-state index contributed by atoms with van der Waals surface area (Å²) < 4.78 is 13.6. The number of para-hydroxylation sites is 2. The Kier molecular flexibility index (Phi) is 6.28. The predicted molar refractivity (Wildman–Crippen MR) is 136 cm³/mol. The first-order chi connectivity index (χ1) is 17.8. The maximum absolute atomic E-state index is 5.90. The molecule has 1 fully saturated rings. The van der Waals surface area contributed by atoms with Crippen molar-refractivity contribution in [3.63, 3.8) is 0 Å². The van der Waals surface area contributed by atoms with Crippen LogP contribution in [0.3, 0.4) is 0 Å². The number of pyridine rings is 2. The van der Waals surface area contributed by atoms with Gasteiger partial charge in [-0.05, 0) is 24.3 Å². The highest BCUT2D eigenvalue weighted by Gasteiger charge is 2.21. The molecule has 1 aromatic carbocycles. The van der Waals surface area contributed by atoms with E-state index in [0.29, 0.717) is 24.9 Å². The smallest absolute Gasteiger partial charge is 0.215 e. The number of benzene rings is 1. The maximum atomic E-state index is 5.90. The quantitative estimate of drug-likeness (QED) is 0.331. The SMILES string of the molecule is c1cncc(COc2cccc(N3CCN(Cc4nc5ccccc5n4Cc4ncco4)CC3)n2)c1. The zero-order valence-electron chi connectivity index (χ0n) is 19.9. The molecule has 6 rings (SSSR count). The summed E-state index contributed by atoms with van der Waals surface area (Å²) in [6.45, 7) is 5.41. The van der Waals surface area contributed by atoms with Crippen LogP contribution >= 0.6 is 0 Å². The first-order valence-electron chi connectivity index (χ1n) is 12.1. The molecule has 182 valence electrons. The lowest BCUT2D eigenvalue weighted by Crippen LogP contribution is -2.46. The van der Waals surface area contributed by atoms with Crippen LogP contribution in [-0.4, -0.2) is 55.6 Å². The molecular formula is C27H27N7O2. The summed E-state index contributed by atoms with van der Waals surface area (Å²) in [5, 5.41) is 0. The number of hydrogen-bond acceptors (Lipinski definition) is 8. The van der Waals surface area contributed by atoms with Crippen molar-refractivity contribution in [3.8, 4) is 5.88 Å². The summed E-state index contributed by atoms with van der Waals surface area (Å²) in [6.07, 6.45) is 6.86. The van der Waals surface area contributed by atoms with E-state index in [0.717, 1.165) is 61.0 Å². The molecule has 0 aliphatic carbocycles. The van der Waals surface area contributed by atoms with Crippen LogP contribution in [-0.2, 0) is 19.7 Å². The Balaban J connectivity index is 1.10. The summed E-state index contributed by atoms with van der Waals surface area (Å²) in [6, 6.07) is 18.1. The van der Waals surface area contributed by atoms with Crippen molar-refractivity contribution < 1.29 is 9.15 Å². The van der Waals surface area contributed by atoms with Crippen LogP contribution in [0.4, 0.5) is 5.82 Å². The molecule has 0 atom stereocenters. The van der Waals surface area contributed by atoms with Crippen molar-refractivity contribution in [2.75, 3.05) is 31.1 Å². The highest BCUT2D eigenvalue weighted by molar-refractivity contribution is 5.76. The van der Waals surface area contributed by atoms with Crippen LogP contribution in [0.2, 0.25) is 0 Å². The van der Waals surface area contributed by atoms with Gasteiger partial charge >= 0.3 is 0 Å². The minimum atomic E-state index is 0.451. The van der Waals surface area contributed by atoms with Crippen LogP contribution in [0.1, 0.15) is 17.3 Å². The van der Waals surface area contributed by atoms with E-state index in [1.807, 2.05) is 48.7 Å². The molecule has 1 aliphatic rings. The lowest BCUT2D eigenvalue weighted by molar-refractivity contribution is 0.240. The third kappa shape index (κ3) is 4.92. The van der Waals surface area contributed by atoms with Crippen molar-refractivity contribution in [3.05, 3.63) is 96.7 Å². The molecule has 0 N–H and O–H groups in total. The molecule has 1 saturated heterocycles. The summed E-state index contributed by atoms with van der Waals surface area (Å²) in [5.74, 6) is 3.27. The third-order valence-electron chi connectivity index (χ3n) is 6.39. The lowest BCUT2D eigenvalue weighted by atomic mass is 10.3. The number of aromatic nitrogens is 5. The van der Waals surface area contributed by atoms with E-state index < -0.39 is 0 Å². The zero-order chi connectivity index (χ0) is 24.2. The number of rotatable bonds is 8. The number of imidazole rings is 1. The summed E-state index contributed by atoms with van der Waals surface area (Å²) in [7, 11) is 0. The highest BCUT2D eigenvalue weighted by Crippen LogP contribution is 2.22. The molecule has 0 radical (unpaired) electrons. The predicted octanol–water partition coefficient (Wildman–Crippen LogP) is 3.76. The van der Waals surface area contributed by atoms with Crippen LogP contribution < -0.4 is 9.64 Å². The lowest BCUT2D eigenvalue weighted by Gasteiger charge is -2.35. The zero-order valence-corrected chi connectivity index (χ0v) is 19.9. The fourth-order valence-corrected chi connectivity index (χ4v) is 4.53. The largest absolute Gasteiger partial charge is 0.473 e. The molecule has 36 heavy (non-hydrogen) atoms. The van der Waals surface area contributed by atoms with Gasteiger partial charge in [0.15, 0.2) is 0 Å². The van der Waals surface area contributed by atoms with E-state index in [9.17, 15) is 0 Å². The van der Waals surface area contributed by atoms with E-state index in [-0.39, 0.29) is 0 Å². The fourth-order valence-electron chi connectivity index (χ4n) is 4.53. The molecule has 0 bridgehead atoms. The van der Waals surface area contributed by atoms with Gasteiger partial charge in [0.25, 0.3) is 0 Å². The number of oxazole rings is 1. The van der Waals surface area contributed by atoms with E-state index >= 15 is 0 Å². The van der Waals surface area contributed by atoms with Gasteiger partial charge in [-0.15, -0.1) is 0 Å². The van der Waals surface area contributed by atoms with Crippen LogP contribution in [0.15, 0.2) is 83.9 Å². The second-order valence-corrected chi connectivity index (χ2v) is 8.78. The number of anilines is 1. The Morgan fingerprint density at radius 3 is 2.61 bits per heavy atom. The van der Waals surface area contributed by atoms with Crippen LogP contribution in [0.5, 0.6) is 5.88 Å². The molecule has 0 amide bonds. The second kappa shape index (κ2) is 10.2. The number of fused-ring (bicyclic) bond motifs is 1. The summed E-state index contributed by atoms with van der Waals surface area (Å²) in [5.41, 5.74) is 3.11. The molecule has 9 nitrogen and oxygen atoms in total. The minimum Gasteiger partial charge on any atom is -0.473 e. The molecule has 9 heteroatoms. The van der Waals surface area contributed by atoms with Crippen molar-refractivity contribution >= 4 is 16.9 Å². The topological polar surface area (TPSA) is 85.3 Å². The minimum absolute atomic E-state index is 0.451. The highest BCUT2D eigenvalue weighted by atomic mass is 16.5. The maximum Gasteiger partial charge on any atom is 0.215 e. The van der Waals surface area contributed by atoms with Gasteiger partial charge in [0.2, 0.25) is 11.8 Å². The molecule has 1 aliphatic heterocycles. The molecule has 5 heterocycles. The van der Waals surface area contributed by atoms with Gasteiger partial charge in [0, 0.05) is 50.2 Å². The van der Waals surface area contributed by atoms with Crippen molar-refractivity contribution in [2.24, 2.45) is 0 Å². The molecule has 5 aromatic rings. The van der Waals surface area contributed by atoms with Crippen LogP contribution in [0.25, 0.3) is 11.0 Å². The molecule has 0 unspecified atom stereocenters. The fraction of sp³-hybridized carbons (Fsp3) is 0.259. The summed E-state index contributed by atoms with van der Waals surface area (Å²) in [4.78, 5) is 22.9. The molecule has 4 aromatic heterocycles. The normalized spacial score (nSPS) is 14.4. The van der Waals surface area contributed by atoms with E-state index in [1.54, 1.807) is 18.7 Å². The van der Waals surface area contributed by atoms with Gasteiger partial charge in [-0.1, -0.05) is 24.3 Å². The monoisotopic (exact) mass is 481 g/mol. The van der Waals surface area contributed by atoms with Gasteiger partial charge in [0.05, 0.1) is 23.8 Å². The molecular weight excluding hydrogens is 454 g/mol. The van der Waals surface area contributed by atoms with E-state index in [2.05, 4.69) is 36.5 Å². The Labute approximate surface area is 209 Å². The molecule has 0 saturated carbocycles. The van der Waals surface area contributed by atoms with Gasteiger partial charge in [-0.2, -0.15) is 4.98 Å². The number of nitrogens with zero attached hydrogens (tertiary/aromatic N) is 7. The van der Waals surface area contributed by atoms with Crippen molar-refractivity contribution in [2.45, 2.75) is 19.7 Å². The van der Waals surface area contributed by atoms with Crippen LogP contribution in [0, 0.1) is 0 Å². The Bertz CT molecular complexity index is 1410. The average molecular weight is 482 g/mol. The van der Waals surface area contributed by atoms with E-state index in [1.165, 1.54) is 0 Å². The van der Waals surface area contributed by atoms with Gasteiger partial charge in [0.1, 0.15) is 31.1 Å². The Morgan fingerprint density at radius 2 is 1.78 bits per heavy atom. The number of ether oxygens (including phenoxy) is 1. The second-order valence-electron chi connectivity index (χ2n) is 8.78. The molecule has 0 spiro atoms. The Morgan fingerprint density at radius 1 is 0.861 bits per heavy atom. The number of piperazine rings is 1. The first-order valence-corrected chi connectivity index (χ1v) is 12.1. The van der Waals surface area contributed by atoms with Gasteiger partial charge in [-0.25, -0.2) is 9.97 Å². The standard InChI is InChI=1S/C27H27N7O2/c1-2-7-23-22(6-1)30-25(34(23)19-27-29-11-16-35-27)18-32-12-14-33(15-13-32)24-8-3-9-26(31-24)36-20-21-5-4-10-28-17-21/h1-11,16-17H,12-15,18-20H2. The van der Waals surface area contributed by atoms with Gasteiger partial charge in [-0.3, -0.25) is 9.88 Å². The Hall–Kier alpha value is -4.24.